The number of hydrogen-bond acceptors (Lipinski definition) is 1. The lowest BCUT2D eigenvalue weighted by Crippen LogP contribution is -2.08. The molecule has 0 saturated heterocycles. The molecule has 0 aliphatic rings. The lowest BCUT2D eigenvalue weighted by atomic mass is 10.2. The normalized spacial score (nSPS) is 10.4. The summed E-state index contributed by atoms with van der Waals surface area (Å²) in [5, 5.41) is 1.85. The molecule has 0 bridgehead atoms. The molecule has 2 aromatic carbocycles. The van der Waals surface area contributed by atoms with Gasteiger partial charge in [-0.15, -0.1) is 0 Å². The zero-order valence-corrected chi connectivity index (χ0v) is 12.2. The van der Waals surface area contributed by atoms with Gasteiger partial charge in [0, 0.05) is 10.6 Å². The highest BCUT2D eigenvalue weighted by Gasteiger charge is 2.09. The lowest BCUT2D eigenvalue weighted by molar-refractivity contribution is 0.598. The van der Waals surface area contributed by atoms with Crippen molar-refractivity contribution in [1.29, 1.82) is 0 Å². The molecular weight excluding hydrogens is 239 g/mol. The molecule has 0 aliphatic carbocycles. The highest BCUT2D eigenvalue weighted by Crippen LogP contribution is 2.22. The molecule has 0 N–H and O–H groups in total. The van der Waals surface area contributed by atoms with Crippen LogP contribution in [0.4, 0.5) is 0 Å². The Hall–Kier alpha value is -1.46. The van der Waals surface area contributed by atoms with E-state index in [-0.39, 0.29) is 0 Å². The van der Waals surface area contributed by atoms with Gasteiger partial charge in [-0.1, -0.05) is 12.1 Å². The summed E-state index contributed by atoms with van der Waals surface area (Å²) in [6.07, 6.45) is 0. The van der Waals surface area contributed by atoms with Gasteiger partial charge in [0.15, 0.2) is 0 Å². The molecule has 2 rings (SSSR count). The molecule has 0 unspecified atom stereocenters. The molecule has 0 aromatic heterocycles. The van der Waals surface area contributed by atoms with Crippen molar-refractivity contribution in [3.63, 3.8) is 0 Å². The predicted molar refractivity (Wildman–Crippen MR) is 78.7 cm³/mol. The van der Waals surface area contributed by atoms with Crippen molar-refractivity contribution >= 4 is 18.4 Å². The first-order chi connectivity index (χ1) is 8.45. The van der Waals surface area contributed by atoms with Gasteiger partial charge in [-0.3, -0.25) is 4.57 Å². The summed E-state index contributed by atoms with van der Waals surface area (Å²) in [7, 11) is -1.49. The number of aryl methyl sites for hydroxylation is 4. The zero-order valence-electron chi connectivity index (χ0n) is 11.3. The van der Waals surface area contributed by atoms with E-state index in [1.807, 2.05) is 52.0 Å². The first kappa shape index (κ1) is 13.0. The summed E-state index contributed by atoms with van der Waals surface area (Å²) >= 11 is 0. The van der Waals surface area contributed by atoms with E-state index in [0.717, 1.165) is 32.9 Å². The van der Waals surface area contributed by atoms with Gasteiger partial charge < -0.3 is 0 Å². The molecule has 0 heterocycles. The van der Waals surface area contributed by atoms with Crippen LogP contribution >= 0.6 is 7.80 Å². The Kier molecular flexibility index (Phi) is 3.63. The van der Waals surface area contributed by atoms with Gasteiger partial charge in [0.1, 0.15) is 7.80 Å². The van der Waals surface area contributed by atoms with Crippen molar-refractivity contribution in [2.24, 2.45) is 0 Å². The summed E-state index contributed by atoms with van der Waals surface area (Å²) < 4.78 is 12.6. The molecule has 0 saturated carbocycles. The van der Waals surface area contributed by atoms with Crippen molar-refractivity contribution in [1.82, 2.24) is 0 Å². The highest BCUT2D eigenvalue weighted by molar-refractivity contribution is 7.61. The van der Waals surface area contributed by atoms with Gasteiger partial charge in [-0.05, 0) is 74.2 Å². The second-order valence-corrected chi connectivity index (χ2v) is 6.61. The van der Waals surface area contributed by atoms with Crippen LogP contribution in [0.3, 0.4) is 0 Å². The Morgan fingerprint density at radius 2 is 0.889 bits per heavy atom. The SMILES string of the molecule is Cc1cc(C)cc([P](=O)c2cc(C)cc(C)c2)c1. The van der Waals surface area contributed by atoms with E-state index >= 15 is 0 Å². The van der Waals surface area contributed by atoms with E-state index in [1.54, 1.807) is 0 Å². The Bertz CT molecular complexity index is 520. The van der Waals surface area contributed by atoms with Crippen LogP contribution in [0.2, 0.25) is 0 Å². The van der Waals surface area contributed by atoms with Crippen molar-refractivity contribution in [3.8, 4) is 0 Å². The minimum absolute atomic E-state index is 0.924. The highest BCUT2D eigenvalue weighted by atomic mass is 31.1. The summed E-state index contributed by atoms with van der Waals surface area (Å²) in [4.78, 5) is 0. The second kappa shape index (κ2) is 5.04. The average Bonchev–Trinajstić information content (AvgIpc) is 2.25. The van der Waals surface area contributed by atoms with Crippen molar-refractivity contribution in [2.45, 2.75) is 27.7 Å². The van der Waals surface area contributed by atoms with E-state index in [9.17, 15) is 4.57 Å². The molecule has 2 aromatic rings. The first-order valence-corrected chi connectivity index (χ1v) is 7.35. The Morgan fingerprint density at radius 3 is 1.17 bits per heavy atom. The fraction of sp³-hybridized carbons (Fsp3) is 0.250. The van der Waals surface area contributed by atoms with Gasteiger partial charge in [0.05, 0.1) is 0 Å². The van der Waals surface area contributed by atoms with Gasteiger partial charge in [0.25, 0.3) is 0 Å². The van der Waals surface area contributed by atoms with Gasteiger partial charge in [0.2, 0.25) is 0 Å². The fourth-order valence-corrected chi connectivity index (χ4v) is 3.87. The second-order valence-electron chi connectivity index (χ2n) is 4.99. The standard InChI is InChI=1S/C16H18OP/c1-11-5-12(2)8-15(7-11)18(17)16-9-13(3)6-14(4)10-16/h5-10H,1-4H3. The van der Waals surface area contributed by atoms with Crippen LogP contribution in [0.1, 0.15) is 22.3 Å². The predicted octanol–water partition coefficient (Wildman–Crippen LogP) is 3.70. The van der Waals surface area contributed by atoms with Crippen LogP contribution in [-0.4, -0.2) is 0 Å². The quantitative estimate of drug-likeness (QED) is 0.750. The third kappa shape index (κ3) is 2.86. The topological polar surface area (TPSA) is 17.1 Å². The van der Waals surface area contributed by atoms with Crippen LogP contribution < -0.4 is 10.6 Å². The molecule has 0 atom stereocenters. The van der Waals surface area contributed by atoms with E-state index in [1.165, 1.54) is 0 Å². The minimum atomic E-state index is -1.49. The minimum Gasteiger partial charge on any atom is -0.277 e. The molecule has 0 amide bonds. The van der Waals surface area contributed by atoms with Crippen molar-refractivity contribution in [3.05, 3.63) is 58.7 Å². The number of hydrogen-bond donors (Lipinski definition) is 0. The summed E-state index contributed by atoms with van der Waals surface area (Å²) in [6.45, 7) is 8.17. The molecule has 0 fully saturated rings. The van der Waals surface area contributed by atoms with E-state index in [2.05, 4.69) is 12.1 Å². The maximum Gasteiger partial charge on any atom is 0.136 e. The summed E-state index contributed by atoms with van der Waals surface area (Å²) in [6, 6.07) is 12.3. The van der Waals surface area contributed by atoms with E-state index < -0.39 is 7.80 Å². The van der Waals surface area contributed by atoms with Gasteiger partial charge >= 0.3 is 0 Å². The third-order valence-electron chi connectivity index (χ3n) is 2.88. The molecule has 1 radical (unpaired) electrons. The van der Waals surface area contributed by atoms with Crippen LogP contribution in [0.15, 0.2) is 36.4 Å². The Balaban J connectivity index is 2.47. The summed E-state index contributed by atoms with van der Waals surface area (Å²) in [5.74, 6) is 0. The van der Waals surface area contributed by atoms with E-state index in [0.29, 0.717) is 0 Å². The molecule has 2 heteroatoms. The van der Waals surface area contributed by atoms with E-state index in [4.69, 9.17) is 0 Å². The number of benzene rings is 2. The maximum absolute atomic E-state index is 12.6. The Morgan fingerprint density at radius 1 is 0.611 bits per heavy atom. The first-order valence-electron chi connectivity index (χ1n) is 6.09. The fourth-order valence-electron chi connectivity index (χ4n) is 2.28. The zero-order chi connectivity index (χ0) is 13.3. The molecule has 18 heavy (non-hydrogen) atoms. The van der Waals surface area contributed by atoms with Crippen LogP contribution in [0.5, 0.6) is 0 Å². The Labute approximate surface area is 110 Å². The van der Waals surface area contributed by atoms with Crippen molar-refractivity contribution in [2.75, 3.05) is 0 Å². The van der Waals surface area contributed by atoms with Crippen LogP contribution in [-0.2, 0) is 4.57 Å². The molecule has 0 spiro atoms. The smallest absolute Gasteiger partial charge is 0.136 e. The molecular formula is C16H18OP. The molecule has 93 valence electrons. The number of rotatable bonds is 2. The van der Waals surface area contributed by atoms with Crippen LogP contribution in [0.25, 0.3) is 0 Å². The maximum atomic E-state index is 12.6. The van der Waals surface area contributed by atoms with Crippen molar-refractivity contribution < 1.29 is 4.57 Å². The molecule has 1 nitrogen and oxygen atoms in total. The van der Waals surface area contributed by atoms with Gasteiger partial charge in [-0.2, -0.15) is 0 Å². The molecule has 0 aliphatic heterocycles. The monoisotopic (exact) mass is 257 g/mol. The third-order valence-corrected chi connectivity index (χ3v) is 4.34. The van der Waals surface area contributed by atoms with Crippen LogP contribution in [0, 0.1) is 27.7 Å². The lowest BCUT2D eigenvalue weighted by Gasteiger charge is -2.07. The average molecular weight is 257 g/mol. The van der Waals surface area contributed by atoms with Gasteiger partial charge in [-0.25, -0.2) is 0 Å². The summed E-state index contributed by atoms with van der Waals surface area (Å²) in [5.41, 5.74) is 4.66. The largest absolute Gasteiger partial charge is 0.277 e.